The summed E-state index contributed by atoms with van der Waals surface area (Å²) in [4.78, 5) is 0. The number of aryl methyl sites for hydroxylation is 1. The number of rotatable bonds is 8. The third kappa shape index (κ3) is 6.22. The topological polar surface area (TPSA) is 54.9 Å². The van der Waals surface area contributed by atoms with Crippen LogP contribution in [0.15, 0.2) is 60.2 Å². The maximum absolute atomic E-state index is 5.89. The Labute approximate surface area is 159 Å². The van der Waals surface area contributed by atoms with Crippen LogP contribution < -0.4 is 20.2 Å². The van der Waals surface area contributed by atoms with Crippen molar-refractivity contribution in [2.24, 2.45) is 5.10 Å². The summed E-state index contributed by atoms with van der Waals surface area (Å²) in [5, 5.41) is 7.46. The van der Waals surface area contributed by atoms with Crippen molar-refractivity contribution in [2.75, 3.05) is 13.7 Å². The highest BCUT2D eigenvalue weighted by Gasteiger charge is 2.06. The zero-order chi connectivity index (χ0) is 18.8. The average Bonchev–Trinajstić information content (AvgIpc) is 2.65. The van der Waals surface area contributed by atoms with E-state index in [1.54, 1.807) is 19.4 Å². The van der Waals surface area contributed by atoms with E-state index in [1.807, 2.05) is 30.3 Å². The Morgan fingerprint density at radius 3 is 2.81 bits per heavy atom. The molecule has 0 saturated carbocycles. The van der Waals surface area contributed by atoms with E-state index in [2.05, 4.69) is 41.5 Å². The number of hydrogen-bond donors (Lipinski definition) is 2. The minimum absolute atomic E-state index is 0.436. The molecule has 26 heavy (non-hydrogen) atoms. The number of nitrogens with zero attached hydrogens (tertiary/aromatic N) is 1. The molecule has 0 spiro atoms. The molecule has 0 aliphatic heterocycles. The lowest BCUT2D eigenvalue weighted by Crippen LogP contribution is -2.31. The fourth-order valence-corrected chi connectivity index (χ4v) is 2.35. The van der Waals surface area contributed by atoms with E-state index in [0.717, 1.165) is 11.1 Å². The lowest BCUT2D eigenvalue weighted by molar-refractivity contribution is 0.284. The van der Waals surface area contributed by atoms with Crippen molar-refractivity contribution in [1.82, 2.24) is 10.7 Å². The minimum Gasteiger partial charge on any atom is -0.493 e. The highest BCUT2D eigenvalue weighted by molar-refractivity contribution is 7.80. The Morgan fingerprint density at radius 1 is 1.23 bits per heavy atom. The largest absolute Gasteiger partial charge is 0.493 e. The van der Waals surface area contributed by atoms with Crippen LogP contribution in [0.2, 0.25) is 0 Å². The van der Waals surface area contributed by atoms with Gasteiger partial charge >= 0.3 is 0 Å². The molecule has 2 N–H and O–H groups in total. The molecular weight excluding hydrogens is 346 g/mol. The first-order chi connectivity index (χ1) is 12.6. The molecule has 0 radical (unpaired) electrons. The van der Waals surface area contributed by atoms with Crippen LogP contribution in [-0.2, 0) is 6.61 Å². The van der Waals surface area contributed by atoms with E-state index in [0.29, 0.717) is 29.8 Å². The Bertz CT molecular complexity index is 790. The maximum Gasteiger partial charge on any atom is 0.187 e. The van der Waals surface area contributed by atoms with Crippen molar-refractivity contribution in [3.05, 3.63) is 71.8 Å². The van der Waals surface area contributed by atoms with Crippen LogP contribution in [0.1, 0.15) is 16.7 Å². The normalized spacial score (nSPS) is 10.4. The van der Waals surface area contributed by atoms with Gasteiger partial charge in [0.25, 0.3) is 0 Å². The summed E-state index contributed by atoms with van der Waals surface area (Å²) >= 11 is 5.07. The molecule has 0 unspecified atom stereocenters. The second kappa shape index (κ2) is 10.2. The number of methoxy groups -OCH3 is 1. The van der Waals surface area contributed by atoms with Gasteiger partial charge in [0.05, 0.1) is 13.3 Å². The second-order valence-electron chi connectivity index (χ2n) is 5.56. The Balaban J connectivity index is 1.98. The summed E-state index contributed by atoms with van der Waals surface area (Å²) in [6.45, 7) is 6.74. The number of thiocarbonyl (C=S) groups is 1. The SMILES string of the molecule is C=CCNC(=S)N/N=C\c1ccc(OCc2cccc(C)c2)c(OC)c1. The number of benzene rings is 2. The lowest BCUT2D eigenvalue weighted by Gasteiger charge is -2.11. The van der Waals surface area contributed by atoms with Crippen molar-refractivity contribution in [1.29, 1.82) is 0 Å². The van der Waals surface area contributed by atoms with Crippen LogP contribution in [0.3, 0.4) is 0 Å². The van der Waals surface area contributed by atoms with Crippen molar-refractivity contribution >= 4 is 23.5 Å². The lowest BCUT2D eigenvalue weighted by atomic mass is 10.1. The van der Waals surface area contributed by atoms with Gasteiger partial charge in [0.1, 0.15) is 6.61 Å². The molecule has 0 fully saturated rings. The van der Waals surface area contributed by atoms with Gasteiger partial charge in [-0.1, -0.05) is 35.9 Å². The fraction of sp³-hybridized carbons (Fsp3) is 0.200. The van der Waals surface area contributed by atoms with Crippen molar-refractivity contribution in [2.45, 2.75) is 13.5 Å². The highest BCUT2D eigenvalue weighted by Crippen LogP contribution is 2.28. The van der Waals surface area contributed by atoms with E-state index in [4.69, 9.17) is 21.7 Å². The van der Waals surface area contributed by atoms with Crippen LogP contribution in [0, 0.1) is 6.92 Å². The zero-order valence-corrected chi connectivity index (χ0v) is 15.8. The average molecular weight is 369 g/mol. The molecule has 6 heteroatoms. The van der Waals surface area contributed by atoms with Crippen molar-refractivity contribution in [3.8, 4) is 11.5 Å². The van der Waals surface area contributed by atoms with Crippen LogP contribution in [0.4, 0.5) is 0 Å². The molecule has 5 nitrogen and oxygen atoms in total. The van der Waals surface area contributed by atoms with Crippen LogP contribution in [0.5, 0.6) is 11.5 Å². The molecule has 0 heterocycles. The summed E-state index contributed by atoms with van der Waals surface area (Å²) < 4.78 is 11.3. The summed E-state index contributed by atoms with van der Waals surface area (Å²) in [5.41, 5.74) is 5.92. The van der Waals surface area contributed by atoms with E-state index in [-0.39, 0.29) is 0 Å². The number of hydrogen-bond acceptors (Lipinski definition) is 4. The quantitative estimate of drug-likeness (QED) is 0.322. The number of nitrogens with one attached hydrogen (secondary N) is 2. The summed E-state index contributed by atoms with van der Waals surface area (Å²) in [5.74, 6) is 1.33. The van der Waals surface area contributed by atoms with Gasteiger partial charge in [-0.3, -0.25) is 5.43 Å². The van der Waals surface area contributed by atoms with E-state index >= 15 is 0 Å². The van der Waals surface area contributed by atoms with Gasteiger partial charge in [0, 0.05) is 6.54 Å². The van der Waals surface area contributed by atoms with E-state index < -0.39 is 0 Å². The Hall–Kier alpha value is -2.86. The van der Waals surface area contributed by atoms with Crippen LogP contribution in [-0.4, -0.2) is 25.0 Å². The molecule has 2 aromatic carbocycles. The molecule has 0 bridgehead atoms. The fourth-order valence-electron chi connectivity index (χ4n) is 2.22. The minimum atomic E-state index is 0.436. The molecule has 0 aliphatic rings. The first-order valence-electron chi connectivity index (χ1n) is 8.16. The summed E-state index contributed by atoms with van der Waals surface area (Å²) in [7, 11) is 1.61. The molecule has 2 rings (SSSR count). The highest BCUT2D eigenvalue weighted by atomic mass is 32.1. The van der Waals surface area contributed by atoms with E-state index in [1.165, 1.54) is 5.56 Å². The third-order valence-corrected chi connectivity index (χ3v) is 3.69. The predicted octanol–water partition coefficient (Wildman–Crippen LogP) is 3.57. The number of ether oxygens (including phenoxy) is 2. The molecule has 136 valence electrons. The maximum atomic E-state index is 5.89. The van der Waals surface area contributed by atoms with Gasteiger partial charge < -0.3 is 14.8 Å². The smallest absolute Gasteiger partial charge is 0.187 e. The van der Waals surface area contributed by atoms with Crippen molar-refractivity contribution < 1.29 is 9.47 Å². The Kier molecular flexibility index (Phi) is 7.64. The zero-order valence-electron chi connectivity index (χ0n) is 15.0. The first-order valence-corrected chi connectivity index (χ1v) is 8.57. The summed E-state index contributed by atoms with van der Waals surface area (Å²) in [6, 6.07) is 13.8. The van der Waals surface area contributed by atoms with Gasteiger partial charge in [0.15, 0.2) is 16.6 Å². The predicted molar refractivity (Wildman–Crippen MR) is 110 cm³/mol. The molecule has 0 atom stereocenters. The second-order valence-corrected chi connectivity index (χ2v) is 5.96. The molecule has 0 saturated heterocycles. The Morgan fingerprint density at radius 2 is 2.08 bits per heavy atom. The molecule has 0 aliphatic carbocycles. The molecule has 2 aromatic rings. The number of hydrazone groups is 1. The van der Waals surface area contributed by atoms with Crippen molar-refractivity contribution in [3.63, 3.8) is 0 Å². The molecule has 0 amide bonds. The van der Waals surface area contributed by atoms with Gasteiger partial charge in [-0.2, -0.15) is 5.10 Å². The standard InChI is InChI=1S/C20H23N3O2S/c1-4-10-21-20(26)23-22-13-16-8-9-18(19(12-16)24-3)25-14-17-7-5-6-15(2)11-17/h4-9,11-13H,1,10,14H2,2-3H3,(H2,21,23,26)/b22-13-. The van der Waals surface area contributed by atoms with E-state index in [9.17, 15) is 0 Å². The first kappa shape index (κ1) is 19.5. The van der Waals surface area contributed by atoms with Gasteiger partial charge in [0.2, 0.25) is 0 Å². The van der Waals surface area contributed by atoms with Gasteiger partial charge in [-0.05, 0) is 48.5 Å². The summed E-state index contributed by atoms with van der Waals surface area (Å²) in [6.07, 6.45) is 3.38. The molecule has 0 aromatic heterocycles. The molecular formula is C20H23N3O2S. The van der Waals surface area contributed by atoms with Gasteiger partial charge in [-0.25, -0.2) is 0 Å². The van der Waals surface area contributed by atoms with Gasteiger partial charge in [-0.15, -0.1) is 6.58 Å². The van der Waals surface area contributed by atoms with Crippen LogP contribution >= 0.6 is 12.2 Å². The van der Waals surface area contributed by atoms with Crippen LogP contribution in [0.25, 0.3) is 0 Å². The third-order valence-electron chi connectivity index (χ3n) is 3.45. The monoisotopic (exact) mass is 369 g/mol.